The van der Waals surface area contributed by atoms with Gasteiger partial charge < -0.3 is 14.2 Å². The number of esters is 3. The monoisotopic (exact) mass is 538 g/mol. The first-order chi connectivity index (χ1) is 18.1. The second-order valence-electron chi connectivity index (χ2n) is 9.52. The molecule has 0 aliphatic heterocycles. The topological polar surface area (TPSA) is 78.9 Å². The maximum Gasteiger partial charge on any atom is 0.333 e. The second-order valence-corrected chi connectivity index (χ2v) is 9.52. The lowest BCUT2D eigenvalue weighted by Gasteiger charge is -2.04. The Kier molecular flexibility index (Phi) is 32.6. The van der Waals surface area contributed by atoms with Crippen LogP contribution in [0.4, 0.5) is 0 Å². The molecule has 0 bridgehead atoms. The zero-order chi connectivity index (χ0) is 29.6. The van der Waals surface area contributed by atoms with Crippen molar-refractivity contribution >= 4 is 17.9 Å². The van der Waals surface area contributed by atoms with Crippen molar-refractivity contribution in [3.05, 3.63) is 36.5 Å². The molecule has 0 spiro atoms. The van der Waals surface area contributed by atoms with Gasteiger partial charge in [-0.15, -0.1) is 0 Å². The average molecular weight is 539 g/mol. The maximum atomic E-state index is 11.1. The van der Waals surface area contributed by atoms with Gasteiger partial charge in [-0.2, -0.15) is 0 Å². The van der Waals surface area contributed by atoms with Crippen molar-refractivity contribution in [2.75, 3.05) is 20.3 Å². The smallest absolute Gasteiger partial charge is 0.333 e. The van der Waals surface area contributed by atoms with Gasteiger partial charge >= 0.3 is 17.9 Å². The Morgan fingerprint density at radius 3 is 1.18 bits per heavy atom. The van der Waals surface area contributed by atoms with Crippen molar-refractivity contribution in [3.63, 3.8) is 0 Å². The van der Waals surface area contributed by atoms with E-state index in [0.29, 0.717) is 36.4 Å². The molecule has 0 fully saturated rings. The van der Waals surface area contributed by atoms with Gasteiger partial charge in [0, 0.05) is 16.7 Å². The molecule has 0 aromatic rings. The minimum Gasteiger partial charge on any atom is -0.466 e. The second kappa shape index (κ2) is 30.9. The number of ether oxygens (including phenoxy) is 3. The number of unbranched alkanes of at least 4 members (excludes halogenated alkanes) is 12. The highest BCUT2D eigenvalue weighted by Crippen LogP contribution is 2.10. The molecule has 222 valence electrons. The summed E-state index contributed by atoms with van der Waals surface area (Å²) in [5.74, 6) is -0.843. The molecule has 0 aliphatic rings. The Morgan fingerprint density at radius 1 is 0.526 bits per heavy atom. The molecule has 0 aromatic heterocycles. The van der Waals surface area contributed by atoms with Crippen molar-refractivity contribution in [2.45, 2.75) is 131 Å². The molecule has 0 unspecified atom stereocenters. The molecule has 0 amide bonds. The Labute approximate surface area is 234 Å². The number of carbonyl (C=O) groups excluding carboxylic acids is 3. The summed E-state index contributed by atoms with van der Waals surface area (Å²) in [4.78, 5) is 32.4. The minimum absolute atomic E-state index is 0.237. The Morgan fingerprint density at radius 2 is 0.868 bits per heavy atom. The average Bonchev–Trinajstić information content (AvgIpc) is 2.90. The molecule has 0 N–H and O–H groups in total. The molecule has 0 rings (SSSR count). The highest BCUT2D eigenvalue weighted by atomic mass is 16.5. The van der Waals surface area contributed by atoms with E-state index in [1.54, 1.807) is 13.8 Å². The minimum atomic E-state index is -0.347. The van der Waals surface area contributed by atoms with Gasteiger partial charge in [-0.3, -0.25) is 0 Å². The van der Waals surface area contributed by atoms with E-state index in [0.717, 1.165) is 19.3 Å². The molecule has 6 nitrogen and oxygen atoms in total. The molecular weight excluding hydrogens is 480 g/mol. The van der Waals surface area contributed by atoms with E-state index in [4.69, 9.17) is 9.47 Å². The SMILES string of the molecule is C=C(C)C(=O)OC.C=C(C)C(=O)OCCCCCCCCCCCC.C=C(CC)C(=O)OCCCCCC. The van der Waals surface area contributed by atoms with Gasteiger partial charge in [0.05, 0.1) is 20.3 Å². The van der Waals surface area contributed by atoms with Crippen LogP contribution in [0.15, 0.2) is 36.5 Å². The van der Waals surface area contributed by atoms with Crippen LogP contribution in [-0.2, 0) is 28.6 Å². The Bertz CT molecular complexity index is 650. The zero-order valence-corrected chi connectivity index (χ0v) is 25.6. The van der Waals surface area contributed by atoms with E-state index >= 15 is 0 Å². The molecule has 0 radical (unpaired) electrons. The van der Waals surface area contributed by atoms with Gasteiger partial charge in [0.2, 0.25) is 0 Å². The third-order valence-electron chi connectivity index (χ3n) is 5.56. The lowest BCUT2D eigenvalue weighted by molar-refractivity contribution is -0.140. The molecular formula is C32H58O6. The summed E-state index contributed by atoms with van der Waals surface area (Å²) in [6.07, 6.45) is 18.2. The standard InChI is InChI=1S/C16H30O2.C11H20O2.C5H8O2/c1-4-5-6-7-8-9-10-11-12-13-14-18-16(17)15(2)3;1-4-6-7-8-9-13-11(12)10(3)5-2;1-4(2)5(6)7-3/h2,4-14H2,1,3H3;3-9H2,1-2H3;1H2,2-3H3. The predicted molar refractivity (Wildman–Crippen MR) is 159 cm³/mol. The van der Waals surface area contributed by atoms with Crippen molar-refractivity contribution in [1.29, 1.82) is 0 Å². The lowest BCUT2D eigenvalue weighted by atomic mass is 10.1. The van der Waals surface area contributed by atoms with Gasteiger partial charge in [0.1, 0.15) is 0 Å². The molecule has 0 heterocycles. The molecule has 6 heteroatoms. The van der Waals surface area contributed by atoms with Crippen LogP contribution in [-0.4, -0.2) is 38.2 Å². The number of hydrogen-bond donors (Lipinski definition) is 0. The van der Waals surface area contributed by atoms with E-state index in [-0.39, 0.29) is 17.9 Å². The van der Waals surface area contributed by atoms with Crippen LogP contribution in [0.25, 0.3) is 0 Å². The lowest BCUT2D eigenvalue weighted by Crippen LogP contribution is -2.07. The van der Waals surface area contributed by atoms with Crippen LogP contribution in [0.5, 0.6) is 0 Å². The normalized spacial score (nSPS) is 9.63. The van der Waals surface area contributed by atoms with Crippen molar-refractivity contribution in [3.8, 4) is 0 Å². The largest absolute Gasteiger partial charge is 0.466 e. The third kappa shape index (κ3) is 31.7. The fourth-order valence-corrected chi connectivity index (χ4v) is 2.99. The van der Waals surface area contributed by atoms with Crippen LogP contribution >= 0.6 is 0 Å². The first-order valence-electron chi connectivity index (χ1n) is 14.5. The quantitative estimate of drug-likeness (QED) is 0.0666. The van der Waals surface area contributed by atoms with Gasteiger partial charge in [0.15, 0.2) is 0 Å². The number of methoxy groups -OCH3 is 1. The number of rotatable bonds is 20. The molecule has 0 aliphatic carbocycles. The van der Waals surface area contributed by atoms with Gasteiger partial charge in [-0.05, 0) is 33.1 Å². The number of hydrogen-bond acceptors (Lipinski definition) is 6. The summed E-state index contributed by atoms with van der Waals surface area (Å²) < 4.78 is 14.3. The fraction of sp³-hybridized carbons (Fsp3) is 0.719. The predicted octanol–water partition coefficient (Wildman–Crippen LogP) is 8.84. The Hall–Kier alpha value is -2.37. The van der Waals surface area contributed by atoms with Crippen LogP contribution in [0.2, 0.25) is 0 Å². The molecule has 0 atom stereocenters. The highest BCUT2D eigenvalue weighted by Gasteiger charge is 2.04. The summed E-state index contributed by atoms with van der Waals surface area (Å²) >= 11 is 0. The first-order valence-corrected chi connectivity index (χ1v) is 14.5. The third-order valence-corrected chi connectivity index (χ3v) is 5.56. The molecule has 0 saturated carbocycles. The van der Waals surface area contributed by atoms with Gasteiger partial charge in [-0.1, -0.05) is 118 Å². The summed E-state index contributed by atoms with van der Waals surface area (Å²) in [7, 11) is 1.33. The van der Waals surface area contributed by atoms with Crippen LogP contribution in [0, 0.1) is 0 Å². The van der Waals surface area contributed by atoms with E-state index in [1.807, 2.05) is 6.92 Å². The molecule has 0 aromatic carbocycles. The van der Waals surface area contributed by atoms with Crippen molar-refractivity contribution in [2.24, 2.45) is 0 Å². The van der Waals surface area contributed by atoms with Crippen LogP contribution in [0.3, 0.4) is 0 Å². The first kappa shape index (κ1) is 40.1. The maximum absolute atomic E-state index is 11.1. The van der Waals surface area contributed by atoms with E-state index in [1.165, 1.54) is 77.7 Å². The Balaban J connectivity index is -0.000000533. The summed E-state index contributed by atoms with van der Waals surface area (Å²) in [5.41, 5.74) is 1.49. The van der Waals surface area contributed by atoms with Crippen LogP contribution in [0.1, 0.15) is 131 Å². The van der Waals surface area contributed by atoms with Crippen molar-refractivity contribution < 1.29 is 28.6 Å². The number of carbonyl (C=O) groups is 3. The van der Waals surface area contributed by atoms with E-state index < -0.39 is 0 Å². The molecule has 0 saturated heterocycles. The van der Waals surface area contributed by atoms with Crippen molar-refractivity contribution in [1.82, 2.24) is 0 Å². The summed E-state index contributed by atoms with van der Waals surface area (Å²) in [6, 6.07) is 0. The van der Waals surface area contributed by atoms with Gasteiger partial charge in [-0.25, -0.2) is 14.4 Å². The molecule has 38 heavy (non-hydrogen) atoms. The summed E-state index contributed by atoms with van der Waals surface area (Å²) in [6.45, 7) is 21.2. The van der Waals surface area contributed by atoms with Gasteiger partial charge in [0.25, 0.3) is 0 Å². The fourth-order valence-electron chi connectivity index (χ4n) is 2.99. The van der Waals surface area contributed by atoms with E-state index in [9.17, 15) is 14.4 Å². The highest BCUT2D eigenvalue weighted by molar-refractivity contribution is 5.87. The van der Waals surface area contributed by atoms with E-state index in [2.05, 4.69) is 38.3 Å². The summed E-state index contributed by atoms with van der Waals surface area (Å²) in [5, 5.41) is 0. The van der Waals surface area contributed by atoms with Crippen LogP contribution < -0.4 is 0 Å². The zero-order valence-electron chi connectivity index (χ0n) is 25.6.